The van der Waals surface area contributed by atoms with E-state index >= 15 is 0 Å². The fourth-order valence-corrected chi connectivity index (χ4v) is 1.56. The molecular formula is C13H11N5O3. The lowest BCUT2D eigenvalue weighted by Gasteiger charge is -2.06. The second-order valence-electron chi connectivity index (χ2n) is 3.97. The Morgan fingerprint density at radius 2 is 2.14 bits per heavy atom. The summed E-state index contributed by atoms with van der Waals surface area (Å²) in [4.78, 5) is 18.0. The molecular weight excluding hydrogens is 274 g/mol. The van der Waals surface area contributed by atoms with Crippen LogP contribution in [0.5, 0.6) is 11.6 Å². The average molecular weight is 285 g/mol. The Hall–Kier alpha value is -3.21. The van der Waals surface area contributed by atoms with Crippen molar-refractivity contribution in [3.8, 4) is 17.7 Å². The Morgan fingerprint density at radius 1 is 1.43 bits per heavy atom. The van der Waals surface area contributed by atoms with Crippen molar-refractivity contribution in [2.45, 2.75) is 6.42 Å². The van der Waals surface area contributed by atoms with E-state index < -0.39 is 4.92 Å². The van der Waals surface area contributed by atoms with Gasteiger partial charge in [-0.3, -0.25) is 10.1 Å². The molecule has 0 bridgehead atoms. The van der Waals surface area contributed by atoms with E-state index in [1.54, 1.807) is 31.3 Å². The summed E-state index contributed by atoms with van der Waals surface area (Å²) in [6, 6.07) is 8.70. The molecule has 2 rings (SSSR count). The summed E-state index contributed by atoms with van der Waals surface area (Å²) in [5.41, 5.74) is 0.507. The highest BCUT2D eigenvalue weighted by atomic mass is 16.6. The van der Waals surface area contributed by atoms with E-state index in [1.807, 2.05) is 6.07 Å². The van der Waals surface area contributed by atoms with Crippen molar-refractivity contribution in [3.05, 3.63) is 46.1 Å². The van der Waals surface area contributed by atoms with Gasteiger partial charge in [-0.15, -0.1) is 0 Å². The van der Waals surface area contributed by atoms with E-state index in [1.165, 1.54) is 0 Å². The predicted octanol–water partition coefficient (Wildman–Crippen LogP) is 2.28. The molecule has 21 heavy (non-hydrogen) atoms. The van der Waals surface area contributed by atoms with E-state index in [0.717, 1.165) is 11.8 Å². The molecule has 0 saturated carbocycles. The largest absolute Gasteiger partial charge is 0.434 e. The molecule has 1 aromatic heterocycles. The number of benzene rings is 1. The van der Waals surface area contributed by atoms with Crippen LogP contribution in [-0.4, -0.2) is 21.9 Å². The highest BCUT2D eigenvalue weighted by Gasteiger charge is 2.19. The number of nitrogens with zero attached hydrogens (tertiary/aromatic N) is 4. The molecule has 8 nitrogen and oxygen atoms in total. The highest BCUT2D eigenvalue weighted by Crippen LogP contribution is 2.29. The SMILES string of the molecule is CNc1ncc([N+](=O)[O-])c(Oc2ccc(CC#N)cc2)n1. The molecule has 1 N–H and O–H groups in total. The van der Waals surface area contributed by atoms with Gasteiger partial charge < -0.3 is 10.1 Å². The number of ether oxygens (including phenoxy) is 1. The first-order valence-electron chi connectivity index (χ1n) is 5.97. The van der Waals surface area contributed by atoms with Crippen molar-refractivity contribution < 1.29 is 9.66 Å². The van der Waals surface area contributed by atoms with Gasteiger partial charge in [-0.05, 0) is 17.7 Å². The van der Waals surface area contributed by atoms with Gasteiger partial charge >= 0.3 is 11.6 Å². The van der Waals surface area contributed by atoms with Crippen LogP contribution in [0.3, 0.4) is 0 Å². The number of hydrogen-bond donors (Lipinski definition) is 1. The first-order chi connectivity index (χ1) is 10.1. The summed E-state index contributed by atoms with van der Waals surface area (Å²) in [7, 11) is 1.60. The van der Waals surface area contributed by atoms with Gasteiger partial charge in [0.05, 0.1) is 17.4 Å². The van der Waals surface area contributed by atoms with Crippen LogP contribution in [0.25, 0.3) is 0 Å². The van der Waals surface area contributed by atoms with Crippen molar-refractivity contribution in [1.29, 1.82) is 5.26 Å². The Kier molecular flexibility index (Phi) is 4.26. The minimum Gasteiger partial charge on any atom is -0.434 e. The van der Waals surface area contributed by atoms with Crippen molar-refractivity contribution in [1.82, 2.24) is 9.97 Å². The van der Waals surface area contributed by atoms with Crippen LogP contribution in [0.4, 0.5) is 11.6 Å². The number of aromatic nitrogens is 2. The van der Waals surface area contributed by atoms with Crippen molar-refractivity contribution in [2.24, 2.45) is 0 Å². The molecule has 0 saturated heterocycles. The van der Waals surface area contributed by atoms with Crippen molar-refractivity contribution in [3.63, 3.8) is 0 Å². The molecule has 0 aliphatic rings. The summed E-state index contributed by atoms with van der Waals surface area (Å²) >= 11 is 0. The molecule has 0 atom stereocenters. The van der Waals surface area contributed by atoms with Gasteiger partial charge in [0.1, 0.15) is 11.9 Å². The number of nitro groups is 1. The van der Waals surface area contributed by atoms with Gasteiger partial charge in [0, 0.05) is 7.05 Å². The van der Waals surface area contributed by atoms with Crippen LogP contribution in [0, 0.1) is 21.4 Å². The maximum atomic E-state index is 10.9. The van der Waals surface area contributed by atoms with Gasteiger partial charge in [0.25, 0.3) is 0 Å². The van der Waals surface area contributed by atoms with Crippen LogP contribution >= 0.6 is 0 Å². The molecule has 0 aliphatic heterocycles. The monoisotopic (exact) mass is 285 g/mol. The van der Waals surface area contributed by atoms with E-state index in [-0.39, 0.29) is 23.9 Å². The molecule has 0 amide bonds. The van der Waals surface area contributed by atoms with Gasteiger partial charge in [-0.1, -0.05) is 12.1 Å². The quantitative estimate of drug-likeness (QED) is 0.662. The minimum atomic E-state index is -0.612. The minimum absolute atomic E-state index is 0.146. The average Bonchev–Trinajstić information content (AvgIpc) is 2.49. The number of rotatable bonds is 5. The van der Waals surface area contributed by atoms with Crippen molar-refractivity contribution >= 4 is 11.6 Å². The molecule has 2 aromatic rings. The van der Waals surface area contributed by atoms with Gasteiger partial charge in [-0.2, -0.15) is 10.2 Å². The number of anilines is 1. The third-order valence-electron chi connectivity index (χ3n) is 2.58. The third-order valence-corrected chi connectivity index (χ3v) is 2.58. The van der Waals surface area contributed by atoms with Gasteiger partial charge in [-0.25, -0.2) is 4.98 Å². The number of nitriles is 1. The lowest BCUT2D eigenvalue weighted by atomic mass is 10.2. The van der Waals surface area contributed by atoms with E-state index in [4.69, 9.17) is 10.00 Å². The summed E-state index contributed by atoms with van der Waals surface area (Å²) in [5, 5.41) is 22.2. The van der Waals surface area contributed by atoms with Crippen molar-refractivity contribution in [2.75, 3.05) is 12.4 Å². The van der Waals surface area contributed by atoms with Crippen LogP contribution < -0.4 is 10.1 Å². The number of hydrogen-bond acceptors (Lipinski definition) is 7. The van der Waals surface area contributed by atoms with E-state index in [2.05, 4.69) is 15.3 Å². The molecule has 1 aromatic carbocycles. The van der Waals surface area contributed by atoms with Crippen LogP contribution in [0.15, 0.2) is 30.5 Å². The second-order valence-corrected chi connectivity index (χ2v) is 3.97. The summed E-state index contributed by atoms with van der Waals surface area (Å²) in [6.45, 7) is 0. The lowest BCUT2D eigenvalue weighted by Crippen LogP contribution is -2.02. The molecule has 0 aliphatic carbocycles. The second kappa shape index (κ2) is 6.29. The summed E-state index contributed by atoms with van der Waals surface area (Å²) < 4.78 is 5.43. The van der Waals surface area contributed by atoms with Gasteiger partial charge in [0.15, 0.2) is 0 Å². The van der Waals surface area contributed by atoms with Crippen LogP contribution in [-0.2, 0) is 6.42 Å². The standard InChI is InChI=1S/C13H11N5O3/c1-15-13-16-8-11(18(19)20)12(17-13)21-10-4-2-9(3-5-10)6-7-14/h2-5,8H,6H2,1H3,(H,15,16,17). The zero-order chi connectivity index (χ0) is 15.2. The van der Waals surface area contributed by atoms with E-state index in [9.17, 15) is 10.1 Å². The third kappa shape index (κ3) is 3.42. The summed E-state index contributed by atoms with van der Waals surface area (Å²) in [5.74, 6) is 0.463. The maximum absolute atomic E-state index is 10.9. The van der Waals surface area contributed by atoms with E-state index in [0.29, 0.717) is 5.75 Å². The first kappa shape index (κ1) is 14.2. The number of nitrogens with one attached hydrogen (secondary N) is 1. The molecule has 106 valence electrons. The molecule has 0 fully saturated rings. The Balaban J connectivity index is 2.29. The zero-order valence-corrected chi connectivity index (χ0v) is 11.1. The molecule has 0 unspecified atom stereocenters. The van der Waals surface area contributed by atoms with Gasteiger partial charge in [0.2, 0.25) is 5.95 Å². The first-order valence-corrected chi connectivity index (χ1v) is 5.97. The Morgan fingerprint density at radius 3 is 2.71 bits per heavy atom. The fourth-order valence-electron chi connectivity index (χ4n) is 1.56. The Bertz CT molecular complexity index is 694. The topological polar surface area (TPSA) is 114 Å². The zero-order valence-electron chi connectivity index (χ0n) is 11.1. The smallest absolute Gasteiger partial charge is 0.349 e. The maximum Gasteiger partial charge on any atom is 0.349 e. The lowest BCUT2D eigenvalue weighted by molar-refractivity contribution is -0.386. The molecule has 8 heteroatoms. The normalized spacial score (nSPS) is 9.71. The van der Waals surface area contributed by atoms with Crippen LogP contribution in [0.2, 0.25) is 0 Å². The molecule has 0 spiro atoms. The molecule has 0 radical (unpaired) electrons. The van der Waals surface area contributed by atoms with Crippen LogP contribution in [0.1, 0.15) is 5.56 Å². The summed E-state index contributed by atoms with van der Waals surface area (Å²) in [6.07, 6.45) is 1.37. The molecule has 1 heterocycles. The fraction of sp³-hybridized carbons (Fsp3) is 0.154. The predicted molar refractivity (Wildman–Crippen MR) is 74.1 cm³/mol. The highest BCUT2D eigenvalue weighted by molar-refractivity contribution is 5.45. The Labute approximate surface area is 120 Å².